The summed E-state index contributed by atoms with van der Waals surface area (Å²) in [7, 11) is 0. The topological polar surface area (TPSA) is 38.0 Å². The quantitative estimate of drug-likeness (QED) is 0.925. The summed E-state index contributed by atoms with van der Waals surface area (Å²) in [6.45, 7) is 2.81. The fourth-order valence-corrected chi connectivity index (χ4v) is 1.95. The Kier molecular flexibility index (Phi) is 3.99. The minimum Gasteiger partial charge on any atom is -0.380 e. The molecule has 2 aromatic rings. The third kappa shape index (κ3) is 2.54. The third-order valence-corrected chi connectivity index (χ3v) is 3.02. The van der Waals surface area contributed by atoms with Crippen LogP contribution < -0.4 is 0 Å². The van der Waals surface area contributed by atoms with Crippen LogP contribution in [-0.4, -0.2) is 14.7 Å². The number of rotatable bonds is 4. The highest BCUT2D eigenvalue weighted by Crippen LogP contribution is 2.24. The molecule has 18 heavy (non-hydrogen) atoms. The smallest absolute Gasteiger partial charge is 0.142 e. The molecule has 0 aliphatic rings. The number of hydrogen-bond acceptors (Lipinski definition) is 2. The summed E-state index contributed by atoms with van der Waals surface area (Å²) >= 11 is 5.61. The summed E-state index contributed by atoms with van der Waals surface area (Å²) in [6.07, 6.45) is 3.41. The molecule has 1 aromatic heterocycles. The van der Waals surface area contributed by atoms with Crippen LogP contribution in [0.15, 0.2) is 30.6 Å². The second kappa shape index (κ2) is 5.50. The number of aryl methyl sites for hydroxylation is 1. The number of hydrogen-bond donors (Lipinski definition) is 1. The molecule has 0 saturated carbocycles. The van der Waals surface area contributed by atoms with E-state index in [0.29, 0.717) is 11.4 Å². The van der Waals surface area contributed by atoms with Crippen molar-refractivity contribution in [3.05, 3.63) is 52.8 Å². The molecular weight excluding hydrogens is 255 g/mol. The highest BCUT2D eigenvalue weighted by Gasteiger charge is 2.17. The van der Waals surface area contributed by atoms with E-state index in [2.05, 4.69) is 4.98 Å². The number of aliphatic hydroxyl groups is 1. The van der Waals surface area contributed by atoms with Crippen molar-refractivity contribution >= 4 is 11.6 Å². The van der Waals surface area contributed by atoms with E-state index in [-0.39, 0.29) is 5.02 Å². The van der Waals surface area contributed by atoms with E-state index >= 15 is 0 Å². The molecule has 3 nitrogen and oxygen atoms in total. The molecule has 0 fully saturated rings. The van der Waals surface area contributed by atoms with Gasteiger partial charge in [0.05, 0.1) is 5.02 Å². The van der Waals surface area contributed by atoms with Crippen LogP contribution in [-0.2, 0) is 6.54 Å². The average molecular weight is 269 g/mol. The highest BCUT2D eigenvalue weighted by atomic mass is 35.5. The molecule has 0 spiro atoms. The molecule has 0 radical (unpaired) electrons. The first-order chi connectivity index (χ1) is 8.63. The molecule has 0 aliphatic carbocycles. The second-order valence-electron chi connectivity index (χ2n) is 4.05. The Morgan fingerprint density at radius 2 is 2.28 bits per heavy atom. The van der Waals surface area contributed by atoms with E-state index in [9.17, 15) is 9.50 Å². The number of imidazole rings is 1. The molecule has 1 N–H and O–H groups in total. The lowest BCUT2D eigenvalue weighted by Crippen LogP contribution is -2.10. The van der Waals surface area contributed by atoms with Crippen molar-refractivity contribution in [1.82, 2.24) is 9.55 Å². The summed E-state index contributed by atoms with van der Waals surface area (Å²) in [6, 6.07) is 4.27. The number of nitrogens with zero attached hydrogens (tertiary/aromatic N) is 2. The summed E-state index contributed by atoms with van der Waals surface area (Å²) in [5.41, 5.74) is 0.445. The third-order valence-electron chi connectivity index (χ3n) is 2.72. The maximum atomic E-state index is 13.4. The van der Waals surface area contributed by atoms with Crippen molar-refractivity contribution in [2.75, 3.05) is 0 Å². The molecular formula is C13H14ClFN2O. The Bertz CT molecular complexity index is 542. The molecule has 1 aromatic carbocycles. The van der Waals surface area contributed by atoms with Crippen molar-refractivity contribution in [3.63, 3.8) is 0 Å². The maximum Gasteiger partial charge on any atom is 0.142 e. The zero-order chi connectivity index (χ0) is 13.1. The van der Waals surface area contributed by atoms with Gasteiger partial charge in [-0.15, -0.1) is 0 Å². The standard InChI is InChI=1S/C13H14ClFN2O/c1-2-6-17-7-5-16-13(17)12(18)9-3-4-10(14)11(15)8-9/h3-5,7-8,12,18H,2,6H2,1H3. The van der Waals surface area contributed by atoms with Crippen LogP contribution in [0.2, 0.25) is 5.02 Å². The lowest BCUT2D eigenvalue weighted by molar-refractivity contribution is 0.204. The Labute approximate surface area is 110 Å². The van der Waals surface area contributed by atoms with Crippen LogP contribution >= 0.6 is 11.6 Å². The molecule has 1 unspecified atom stereocenters. The van der Waals surface area contributed by atoms with E-state index in [4.69, 9.17) is 11.6 Å². The molecule has 0 saturated heterocycles. The first-order valence-corrected chi connectivity index (χ1v) is 6.15. The van der Waals surface area contributed by atoms with Gasteiger partial charge in [-0.05, 0) is 24.1 Å². The Morgan fingerprint density at radius 1 is 1.50 bits per heavy atom. The van der Waals surface area contributed by atoms with Gasteiger partial charge in [0, 0.05) is 18.9 Å². The van der Waals surface area contributed by atoms with E-state index in [1.165, 1.54) is 12.1 Å². The molecule has 96 valence electrons. The molecule has 0 amide bonds. The van der Waals surface area contributed by atoms with Gasteiger partial charge in [0.25, 0.3) is 0 Å². The van der Waals surface area contributed by atoms with Crippen LogP contribution in [0.25, 0.3) is 0 Å². The van der Waals surface area contributed by atoms with Crippen LogP contribution in [0.3, 0.4) is 0 Å². The Balaban J connectivity index is 2.32. The normalized spacial score (nSPS) is 12.7. The lowest BCUT2D eigenvalue weighted by atomic mass is 10.1. The van der Waals surface area contributed by atoms with Crippen molar-refractivity contribution in [2.45, 2.75) is 26.0 Å². The highest BCUT2D eigenvalue weighted by molar-refractivity contribution is 6.30. The van der Waals surface area contributed by atoms with E-state index in [0.717, 1.165) is 13.0 Å². The number of aliphatic hydroxyl groups excluding tert-OH is 1. The van der Waals surface area contributed by atoms with Crippen LogP contribution in [0.4, 0.5) is 4.39 Å². The second-order valence-corrected chi connectivity index (χ2v) is 4.46. The molecule has 0 aliphatic heterocycles. The Hall–Kier alpha value is -1.39. The number of benzene rings is 1. The first-order valence-electron chi connectivity index (χ1n) is 5.77. The van der Waals surface area contributed by atoms with Gasteiger partial charge in [-0.25, -0.2) is 9.37 Å². The minimum atomic E-state index is -0.946. The van der Waals surface area contributed by atoms with Crippen molar-refractivity contribution in [3.8, 4) is 0 Å². The molecule has 1 atom stereocenters. The van der Waals surface area contributed by atoms with Gasteiger partial charge < -0.3 is 9.67 Å². The maximum absolute atomic E-state index is 13.4. The predicted octanol–water partition coefficient (Wildman–Crippen LogP) is 3.17. The van der Waals surface area contributed by atoms with Gasteiger partial charge in [-0.1, -0.05) is 24.6 Å². The van der Waals surface area contributed by atoms with Crippen LogP contribution in [0.1, 0.15) is 30.8 Å². The van der Waals surface area contributed by atoms with Gasteiger partial charge in [-0.3, -0.25) is 0 Å². The van der Waals surface area contributed by atoms with Crippen molar-refractivity contribution in [2.24, 2.45) is 0 Å². The summed E-state index contributed by atoms with van der Waals surface area (Å²) in [5, 5.41) is 10.3. The van der Waals surface area contributed by atoms with E-state index < -0.39 is 11.9 Å². The van der Waals surface area contributed by atoms with Gasteiger partial charge in [-0.2, -0.15) is 0 Å². The number of halogens is 2. The fraction of sp³-hybridized carbons (Fsp3) is 0.308. The van der Waals surface area contributed by atoms with Crippen molar-refractivity contribution in [1.29, 1.82) is 0 Å². The van der Waals surface area contributed by atoms with Gasteiger partial charge >= 0.3 is 0 Å². The van der Waals surface area contributed by atoms with Gasteiger partial charge in [0.1, 0.15) is 17.7 Å². The fourth-order valence-electron chi connectivity index (χ4n) is 1.83. The van der Waals surface area contributed by atoms with Gasteiger partial charge in [0.15, 0.2) is 0 Å². The SMILES string of the molecule is CCCn1ccnc1C(O)c1ccc(Cl)c(F)c1. The predicted molar refractivity (Wildman–Crippen MR) is 68.0 cm³/mol. The Morgan fingerprint density at radius 3 is 2.94 bits per heavy atom. The summed E-state index contributed by atoms with van der Waals surface area (Å²) < 4.78 is 15.2. The molecule has 5 heteroatoms. The van der Waals surface area contributed by atoms with Gasteiger partial charge in [0.2, 0.25) is 0 Å². The monoisotopic (exact) mass is 268 g/mol. The number of aromatic nitrogens is 2. The largest absolute Gasteiger partial charge is 0.380 e. The molecule has 0 bridgehead atoms. The van der Waals surface area contributed by atoms with Crippen molar-refractivity contribution < 1.29 is 9.50 Å². The zero-order valence-electron chi connectivity index (χ0n) is 9.98. The van der Waals surface area contributed by atoms with Crippen LogP contribution in [0, 0.1) is 5.82 Å². The van der Waals surface area contributed by atoms with E-state index in [1.54, 1.807) is 18.5 Å². The van der Waals surface area contributed by atoms with Crippen LogP contribution in [0.5, 0.6) is 0 Å². The molecule has 2 rings (SSSR count). The average Bonchev–Trinajstić information content (AvgIpc) is 2.80. The summed E-state index contributed by atoms with van der Waals surface area (Å²) in [4.78, 5) is 4.12. The zero-order valence-corrected chi connectivity index (χ0v) is 10.7. The van der Waals surface area contributed by atoms with E-state index in [1.807, 2.05) is 11.5 Å². The minimum absolute atomic E-state index is 0.0443. The first kappa shape index (κ1) is 13.1. The lowest BCUT2D eigenvalue weighted by Gasteiger charge is -2.13. The molecule has 1 heterocycles. The summed E-state index contributed by atoms with van der Waals surface area (Å²) in [5.74, 6) is -0.0274.